The molecule has 0 saturated carbocycles. The molecule has 0 aliphatic rings. The first-order valence-corrected chi connectivity index (χ1v) is 7.69. The summed E-state index contributed by atoms with van der Waals surface area (Å²) in [6.45, 7) is 2.04. The van der Waals surface area contributed by atoms with E-state index in [0.29, 0.717) is 11.0 Å². The standard InChI is InChI=1S/C16H10ClN3S/c1-9-8-12-14(17)19-15(20-16(12)21-9)13-11-5-3-2-4-10(11)6-7-18-13/h2-8H,1H3. The first kappa shape index (κ1) is 12.7. The van der Waals surface area contributed by atoms with Gasteiger partial charge in [-0.1, -0.05) is 35.9 Å². The summed E-state index contributed by atoms with van der Waals surface area (Å²) in [5.41, 5.74) is 0.767. The highest BCUT2D eigenvalue weighted by molar-refractivity contribution is 7.18. The van der Waals surface area contributed by atoms with Gasteiger partial charge in [0.2, 0.25) is 0 Å². The first-order valence-electron chi connectivity index (χ1n) is 6.50. The van der Waals surface area contributed by atoms with Crippen molar-refractivity contribution >= 4 is 43.9 Å². The Bertz CT molecular complexity index is 973. The van der Waals surface area contributed by atoms with Gasteiger partial charge in [-0.2, -0.15) is 0 Å². The number of aryl methyl sites for hydroxylation is 1. The zero-order chi connectivity index (χ0) is 14.4. The fourth-order valence-electron chi connectivity index (χ4n) is 2.41. The summed E-state index contributed by atoms with van der Waals surface area (Å²) in [6.07, 6.45) is 1.78. The molecule has 3 heterocycles. The fraction of sp³-hybridized carbons (Fsp3) is 0.0625. The molecule has 3 aromatic heterocycles. The molecule has 5 heteroatoms. The van der Waals surface area contributed by atoms with Crippen LogP contribution in [0.2, 0.25) is 5.15 Å². The van der Waals surface area contributed by atoms with Crippen LogP contribution >= 0.6 is 22.9 Å². The van der Waals surface area contributed by atoms with E-state index in [9.17, 15) is 0 Å². The number of aromatic nitrogens is 3. The van der Waals surface area contributed by atoms with Gasteiger partial charge >= 0.3 is 0 Å². The lowest BCUT2D eigenvalue weighted by Crippen LogP contribution is -1.93. The lowest BCUT2D eigenvalue weighted by Gasteiger charge is -2.05. The molecule has 4 rings (SSSR count). The molecule has 1 aromatic carbocycles. The van der Waals surface area contributed by atoms with Crippen LogP contribution in [-0.2, 0) is 0 Å². The molecule has 0 spiro atoms. The van der Waals surface area contributed by atoms with Gasteiger partial charge in [0.15, 0.2) is 5.82 Å². The Balaban J connectivity index is 2.04. The number of rotatable bonds is 1. The third kappa shape index (κ3) is 2.07. The number of thiophene rings is 1. The van der Waals surface area contributed by atoms with Gasteiger partial charge in [-0.3, -0.25) is 4.98 Å². The molecule has 0 saturated heterocycles. The molecule has 3 nitrogen and oxygen atoms in total. The highest BCUT2D eigenvalue weighted by atomic mass is 35.5. The Morgan fingerprint density at radius 1 is 1.05 bits per heavy atom. The van der Waals surface area contributed by atoms with Crippen LogP contribution in [0.1, 0.15) is 4.88 Å². The van der Waals surface area contributed by atoms with Gasteiger partial charge < -0.3 is 0 Å². The van der Waals surface area contributed by atoms with Crippen molar-refractivity contribution in [2.75, 3.05) is 0 Å². The number of hydrogen-bond donors (Lipinski definition) is 0. The van der Waals surface area contributed by atoms with E-state index in [1.807, 2.05) is 37.3 Å². The van der Waals surface area contributed by atoms with Crippen molar-refractivity contribution in [3.05, 3.63) is 52.6 Å². The van der Waals surface area contributed by atoms with Gasteiger partial charge in [0, 0.05) is 21.8 Å². The maximum absolute atomic E-state index is 6.30. The topological polar surface area (TPSA) is 38.7 Å². The Hall–Kier alpha value is -2.04. The predicted molar refractivity (Wildman–Crippen MR) is 87.9 cm³/mol. The number of benzene rings is 1. The van der Waals surface area contributed by atoms with Gasteiger partial charge in [0.25, 0.3) is 0 Å². The average Bonchev–Trinajstić information content (AvgIpc) is 2.87. The van der Waals surface area contributed by atoms with Crippen molar-refractivity contribution in [1.29, 1.82) is 0 Å². The Morgan fingerprint density at radius 2 is 1.90 bits per heavy atom. The molecular formula is C16H10ClN3S. The highest BCUT2D eigenvalue weighted by Crippen LogP contribution is 2.32. The zero-order valence-corrected chi connectivity index (χ0v) is 12.7. The molecule has 21 heavy (non-hydrogen) atoms. The van der Waals surface area contributed by atoms with Crippen molar-refractivity contribution in [1.82, 2.24) is 15.0 Å². The largest absolute Gasteiger partial charge is 0.252 e. The van der Waals surface area contributed by atoms with E-state index in [4.69, 9.17) is 11.6 Å². The van der Waals surface area contributed by atoms with Crippen LogP contribution in [0.3, 0.4) is 0 Å². The van der Waals surface area contributed by atoms with Crippen LogP contribution in [0.15, 0.2) is 42.6 Å². The van der Waals surface area contributed by atoms with E-state index in [-0.39, 0.29) is 0 Å². The Kier molecular flexibility index (Phi) is 2.87. The van der Waals surface area contributed by atoms with Crippen molar-refractivity contribution in [2.45, 2.75) is 6.92 Å². The van der Waals surface area contributed by atoms with Crippen LogP contribution in [0.5, 0.6) is 0 Å². The summed E-state index contributed by atoms with van der Waals surface area (Å²) in [7, 11) is 0. The van der Waals surface area contributed by atoms with Crippen molar-refractivity contribution in [3.8, 4) is 11.5 Å². The Morgan fingerprint density at radius 3 is 2.81 bits per heavy atom. The zero-order valence-electron chi connectivity index (χ0n) is 11.2. The number of halogens is 1. The summed E-state index contributed by atoms with van der Waals surface area (Å²) >= 11 is 7.92. The smallest absolute Gasteiger partial charge is 0.181 e. The molecule has 0 N–H and O–H groups in total. The summed E-state index contributed by atoms with van der Waals surface area (Å²) in [4.78, 5) is 15.6. The van der Waals surface area contributed by atoms with Crippen LogP contribution in [-0.4, -0.2) is 15.0 Å². The molecule has 0 radical (unpaired) electrons. The molecule has 4 aromatic rings. The molecular weight excluding hydrogens is 302 g/mol. The fourth-order valence-corrected chi connectivity index (χ4v) is 3.57. The number of hydrogen-bond acceptors (Lipinski definition) is 4. The molecule has 0 unspecified atom stereocenters. The van der Waals surface area contributed by atoms with Crippen molar-refractivity contribution in [3.63, 3.8) is 0 Å². The van der Waals surface area contributed by atoms with Crippen molar-refractivity contribution < 1.29 is 0 Å². The summed E-state index contributed by atoms with van der Waals surface area (Å²) in [6, 6.07) is 12.1. The molecule has 0 aliphatic heterocycles. The minimum absolute atomic E-state index is 0.481. The lowest BCUT2D eigenvalue weighted by atomic mass is 10.1. The highest BCUT2D eigenvalue weighted by Gasteiger charge is 2.13. The second-order valence-corrected chi connectivity index (χ2v) is 6.39. The maximum atomic E-state index is 6.30. The van der Waals surface area contributed by atoms with Crippen LogP contribution < -0.4 is 0 Å². The van der Waals surface area contributed by atoms with Gasteiger partial charge in [-0.05, 0) is 24.4 Å². The van der Waals surface area contributed by atoms with Crippen LogP contribution in [0.4, 0.5) is 0 Å². The molecule has 0 bridgehead atoms. The molecule has 0 fully saturated rings. The van der Waals surface area contributed by atoms with E-state index in [2.05, 4.69) is 21.0 Å². The molecule has 102 valence electrons. The van der Waals surface area contributed by atoms with E-state index < -0.39 is 0 Å². The minimum Gasteiger partial charge on any atom is -0.252 e. The average molecular weight is 312 g/mol. The predicted octanol–water partition coefficient (Wildman–Crippen LogP) is 4.87. The SMILES string of the molecule is Cc1cc2c(Cl)nc(-c3nccc4ccccc34)nc2s1. The third-order valence-corrected chi connectivity index (χ3v) is 4.59. The summed E-state index contributed by atoms with van der Waals surface area (Å²) < 4.78 is 0. The molecule has 0 atom stereocenters. The first-order chi connectivity index (χ1) is 10.2. The quantitative estimate of drug-likeness (QED) is 0.471. The molecule has 0 amide bonds. The molecule has 0 aliphatic carbocycles. The normalized spacial score (nSPS) is 11.3. The van der Waals surface area contributed by atoms with E-state index in [1.165, 1.54) is 4.88 Å². The van der Waals surface area contributed by atoms with E-state index in [0.717, 1.165) is 26.7 Å². The monoisotopic (exact) mass is 311 g/mol. The van der Waals surface area contributed by atoms with Gasteiger partial charge in [-0.25, -0.2) is 9.97 Å². The second kappa shape index (κ2) is 4.76. The third-order valence-electron chi connectivity index (χ3n) is 3.35. The lowest BCUT2D eigenvalue weighted by molar-refractivity contribution is 1.20. The number of nitrogens with zero attached hydrogens (tertiary/aromatic N) is 3. The summed E-state index contributed by atoms with van der Waals surface area (Å²) in [5.74, 6) is 0.575. The van der Waals surface area contributed by atoms with Crippen LogP contribution in [0.25, 0.3) is 32.5 Å². The van der Waals surface area contributed by atoms with Gasteiger partial charge in [0.05, 0.1) is 0 Å². The second-order valence-electron chi connectivity index (χ2n) is 4.79. The number of pyridine rings is 1. The van der Waals surface area contributed by atoms with E-state index in [1.54, 1.807) is 17.5 Å². The Labute approximate surface area is 130 Å². The van der Waals surface area contributed by atoms with Crippen LogP contribution in [0, 0.1) is 6.92 Å². The van der Waals surface area contributed by atoms with E-state index >= 15 is 0 Å². The summed E-state index contributed by atoms with van der Waals surface area (Å²) in [5, 5.41) is 3.53. The number of fused-ring (bicyclic) bond motifs is 2. The van der Waals surface area contributed by atoms with Crippen molar-refractivity contribution in [2.24, 2.45) is 0 Å². The maximum Gasteiger partial charge on any atom is 0.181 e. The van der Waals surface area contributed by atoms with Gasteiger partial charge in [0.1, 0.15) is 15.7 Å². The minimum atomic E-state index is 0.481. The van der Waals surface area contributed by atoms with Gasteiger partial charge in [-0.15, -0.1) is 11.3 Å².